The summed E-state index contributed by atoms with van der Waals surface area (Å²) >= 11 is 0. The predicted octanol–water partition coefficient (Wildman–Crippen LogP) is 4.40. The standard InChI is InChI=1S/C22H28N4O3/c1-22(2,3)29-21(28)24-18(14-16-10-6-4-7-11-16)20(27)19(25-26-23)15-17-12-8-5-9-13-17/h4-13,18-20,27H,14-15H2,1-3H3,(H,24,28)/t18-,19-,20+/m0/s1. The number of nitrogens with zero attached hydrogens (tertiary/aromatic N) is 3. The fourth-order valence-corrected chi connectivity index (χ4v) is 3.00. The van der Waals surface area contributed by atoms with Gasteiger partial charge in [-0.2, -0.15) is 0 Å². The molecule has 7 heteroatoms. The zero-order valence-electron chi connectivity index (χ0n) is 17.0. The van der Waals surface area contributed by atoms with Gasteiger partial charge in [0, 0.05) is 4.91 Å². The molecule has 0 saturated heterocycles. The topological polar surface area (TPSA) is 107 Å². The molecule has 0 aliphatic carbocycles. The molecule has 0 fully saturated rings. The third kappa shape index (κ3) is 7.86. The molecule has 0 aliphatic rings. The molecule has 0 spiro atoms. The first-order valence-electron chi connectivity index (χ1n) is 9.58. The molecule has 7 nitrogen and oxygen atoms in total. The molecule has 2 aromatic rings. The number of carbonyl (C=O) groups excluding carboxylic acids is 1. The van der Waals surface area contributed by atoms with Crippen molar-refractivity contribution in [3.05, 3.63) is 82.2 Å². The van der Waals surface area contributed by atoms with E-state index in [-0.39, 0.29) is 0 Å². The predicted molar refractivity (Wildman–Crippen MR) is 112 cm³/mol. The van der Waals surface area contributed by atoms with E-state index in [1.807, 2.05) is 60.7 Å². The van der Waals surface area contributed by atoms with E-state index >= 15 is 0 Å². The number of ether oxygens (including phenoxy) is 1. The minimum atomic E-state index is -1.10. The molecule has 1 amide bonds. The van der Waals surface area contributed by atoms with Crippen molar-refractivity contribution >= 4 is 6.09 Å². The maximum atomic E-state index is 12.4. The molecule has 0 saturated carbocycles. The van der Waals surface area contributed by atoms with E-state index in [4.69, 9.17) is 10.3 Å². The molecule has 0 aliphatic heterocycles. The number of hydrogen-bond acceptors (Lipinski definition) is 4. The van der Waals surface area contributed by atoms with Crippen LogP contribution in [0.25, 0.3) is 10.4 Å². The van der Waals surface area contributed by atoms with E-state index in [0.29, 0.717) is 12.8 Å². The first-order chi connectivity index (χ1) is 13.8. The summed E-state index contributed by atoms with van der Waals surface area (Å²) in [5.41, 5.74) is 10.2. The molecule has 2 N–H and O–H groups in total. The third-order valence-electron chi connectivity index (χ3n) is 4.29. The number of rotatable bonds is 8. The van der Waals surface area contributed by atoms with E-state index < -0.39 is 29.9 Å². The minimum absolute atomic E-state index is 0.355. The lowest BCUT2D eigenvalue weighted by atomic mass is 9.93. The van der Waals surface area contributed by atoms with Crippen molar-refractivity contribution in [3.8, 4) is 0 Å². The molecule has 0 aromatic heterocycles. The maximum absolute atomic E-state index is 12.4. The molecule has 29 heavy (non-hydrogen) atoms. The van der Waals surface area contributed by atoms with Crippen LogP contribution in [0.1, 0.15) is 31.9 Å². The van der Waals surface area contributed by atoms with Crippen molar-refractivity contribution < 1.29 is 14.6 Å². The van der Waals surface area contributed by atoms with Gasteiger partial charge in [-0.15, -0.1) is 0 Å². The lowest BCUT2D eigenvalue weighted by molar-refractivity contribution is 0.0392. The van der Waals surface area contributed by atoms with Crippen LogP contribution < -0.4 is 5.32 Å². The fraction of sp³-hybridized carbons (Fsp3) is 0.409. The maximum Gasteiger partial charge on any atom is 0.407 e. The number of amides is 1. The Hall–Kier alpha value is -3.02. The average Bonchev–Trinajstić information content (AvgIpc) is 2.67. The first kappa shape index (κ1) is 22.3. The van der Waals surface area contributed by atoms with Gasteiger partial charge in [-0.1, -0.05) is 65.8 Å². The van der Waals surface area contributed by atoms with Crippen molar-refractivity contribution in [2.24, 2.45) is 5.11 Å². The van der Waals surface area contributed by atoms with E-state index in [1.165, 1.54) is 0 Å². The van der Waals surface area contributed by atoms with Crippen LogP contribution in [0.2, 0.25) is 0 Å². The number of hydrogen-bond donors (Lipinski definition) is 2. The number of azide groups is 1. The van der Waals surface area contributed by atoms with Crippen LogP contribution >= 0.6 is 0 Å². The van der Waals surface area contributed by atoms with Gasteiger partial charge >= 0.3 is 6.09 Å². The monoisotopic (exact) mass is 396 g/mol. The largest absolute Gasteiger partial charge is 0.444 e. The van der Waals surface area contributed by atoms with Crippen LogP contribution in [0.15, 0.2) is 65.8 Å². The number of benzene rings is 2. The summed E-state index contributed by atoms with van der Waals surface area (Å²) in [4.78, 5) is 15.3. The molecule has 0 unspecified atom stereocenters. The van der Waals surface area contributed by atoms with Gasteiger partial charge in [0.2, 0.25) is 0 Å². The highest BCUT2D eigenvalue weighted by molar-refractivity contribution is 5.68. The highest BCUT2D eigenvalue weighted by Crippen LogP contribution is 2.17. The molecule has 0 heterocycles. The van der Waals surface area contributed by atoms with Crippen LogP contribution in [-0.4, -0.2) is 35.0 Å². The minimum Gasteiger partial charge on any atom is -0.444 e. The second kappa shape index (κ2) is 10.5. The van der Waals surface area contributed by atoms with Gasteiger partial charge in [0.1, 0.15) is 5.60 Å². The summed E-state index contributed by atoms with van der Waals surface area (Å²) in [6, 6.07) is 17.5. The Balaban J connectivity index is 2.23. The van der Waals surface area contributed by atoms with Gasteiger partial charge in [0.15, 0.2) is 0 Å². The Bertz CT molecular complexity index is 815. The second-order valence-corrected chi connectivity index (χ2v) is 7.90. The SMILES string of the molecule is CC(C)(C)OC(=O)N[C@@H](Cc1ccccc1)[C@@H](O)[C@H](Cc1ccccc1)N=[N+]=[N-]. The zero-order valence-corrected chi connectivity index (χ0v) is 17.0. The zero-order chi connectivity index (χ0) is 21.3. The number of aliphatic hydroxyl groups is 1. The Kier molecular flexibility index (Phi) is 8.07. The summed E-state index contributed by atoms with van der Waals surface area (Å²) in [6.07, 6.45) is -1.00. The Morgan fingerprint density at radius 1 is 1.07 bits per heavy atom. The van der Waals surface area contributed by atoms with Gasteiger partial charge in [-0.05, 0) is 50.3 Å². The van der Waals surface area contributed by atoms with Crippen LogP contribution in [0.3, 0.4) is 0 Å². The van der Waals surface area contributed by atoms with Gasteiger partial charge in [0.25, 0.3) is 0 Å². The molecule has 0 bridgehead atoms. The van der Waals surface area contributed by atoms with Gasteiger partial charge in [-0.25, -0.2) is 4.79 Å². The molecular formula is C22H28N4O3. The van der Waals surface area contributed by atoms with E-state index in [0.717, 1.165) is 11.1 Å². The van der Waals surface area contributed by atoms with Crippen LogP contribution in [0, 0.1) is 0 Å². The highest BCUT2D eigenvalue weighted by atomic mass is 16.6. The van der Waals surface area contributed by atoms with E-state index in [9.17, 15) is 9.90 Å². The summed E-state index contributed by atoms with van der Waals surface area (Å²) in [5, 5.41) is 17.6. The molecule has 2 rings (SSSR count). The van der Waals surface area contributed by atoms with Crippen molar-refractivity contribution in [1.82, 2.24) is 5.32 Å². The van der Waals surface area contributed by atoms with E-state index in [2.05, 4.69) is 15.3 Å². The summed E-state index contributed by atoms with van der Waals surface area (Å²) < 4.78 is 5.35. The highest BCUT2D eigenvalue weighted by Gasteiger charge is 2.30. The van der Waals surface area contributed by atoms with Crippen LogP contribution in [0.5, 0.6) is 0 Å². The number of carbonyl (C=O) groups is 1. The van der Waals surface area contributed by atoms with Gasteiger partial charge in [-0.3, -0.25) is 0 Å². The Labute approximate surface area is 171 Å². The molecule has 154 valence electrons. The van der Waals surface area contributed by atoms with Crippen molar-refractivity contribution in [1.29, 1.82) is 0 Å². The first-order valence-corrected chi connectivity index (χ1v) is 9.58. The third-order valence-corrected chi connectivity index (χ3v) is 4.29. The second-order valence-electron chi connectivity index (χ2n) is 7.90. The van der Waals surface area contributed by atoms with Crippen molar-refractivity contribution in [3.63, 3.8) is 0 Å². The van der Waals surface area contributed by atoms with E-state index in [1.54, 1.807) is 20.8 Å². The normalized spacial score (nSPS) is 14.2. The van der Waals surface area contributed by atoms with Crippen molar-refractivity contribution in [2.45, 2.75) is 57.4 Å². The number of nitrogens with one attached hydrogen (secondary N) is 1. The lowest BCUT2D eigenvalue weighted by Crippen LogP contribution is -2.50. The molecule has 0 radical (unpaired) electrons. The smallest absolute Gasteiger partial charge is 0.407 e. The average molecular weight is 396 g/mol. The Morgan fingerprint density at radius 2 is 1.59 bits per heavy atom. The summed E-state index contributed by atoms with van der Waals surface area (Å²) in [7, 11) is 0. The number of aliphatic hydroxyl groups excluding tert-OH is 1. The molecule has 3 atom stereocenters. The molecular weight excluding hydrogens is 368 g/mol. The summed E-state index contributed by atoms with van der Waals surface area (Å²) in [5.74, 6) is 0. The van der Waals surface area contributed by atoms with Gasteiger partial charge in [0.05, 0.1) is 18.2 Å². The van der Waals surface area contributed by atoms with Gasteiger partial charge < -0.3 is 15.2 Å². The fourth-order valence-electron chi connectivity index (χ4n) is 3.00. The summed E-state index contributed by atoms with van der Waals surface area (Å²) in [6.45, 7) is 5.31. The molecule has 2 aromatic carbocycles. The van der Waals surface area contributed by atoms with Crippen molar-refractivity contribution in [2.75, 3.05) is 0 Å². The van der Waals surface area contributed by atoms with Crippen LogP contribution in [-0.2, 0) is 17.6 Å². The Morgan fingerprint density at radius 3 is 2.07 bits per heavy atom. The van der Waals surface area contributed by atoms with Crippen LogP contribution in [0.4, 0.5) is 4.79 Å². The quantitative estimate of drug-likeness (QED) is 0.392. The number of alkyl carbamates (subject to hydrolysis) is 1. The lowest BCUT2D eigenvalue weighted by Gasteiger charge is -2.29.